The highest BCUT2D eigenvalue weighted by molar-refractivity contribution is 9.10. The van der Waals surface area contributed by atoms with Crippen LogP contribution in [0.5, 0.6) is 11.5 Å². The number of hydrogen-bond acceptors (Lipinski definition) is 2. The summed E-state index contributed by atoms with van der Waals surface area (Å²) in [6.45, 7) is 9.99. The summed E-state index contributed by atoms with van der Waals surface area (Å²) in [4.78, 5) is 0. The second kappa shape index (κ2) is 7.35. The lowest BCUT2D eigenvalue weighted by molar-refractivity contribution is 0.327. The van der Waals surface area contributed by atoms with Crippen LogP contribution in [-0.4, -0.2) is 11.7 Å². The summed E-state index contributed by atoms with van der Waals surface area (Å²) in [6.07, 6.45) is 0. The molecule has 0 amide bonds. The number of benzene rings is 1. The number of phenolic OH excluding ortho intramolecular Hbond substituents is 1. The Bertz CT molecular complexity index is 321. The molecule has 3 heteroatoms. The number of rotatable bonds is 3. The van der Waals surface area contributed by atoms with Crippen LogP contribution in [0.2, 0.25) is 0 Å². The SMILES string of the molecule is C=C(C)COc1cccc(Br)c1O.CC. The summed E-state index contributed by atoms with van der Waals surface area (Å²) in [5.41, 5.74) is 0.916. The molecule has 1 N–H and O–H groups in total. The quantitative estimate of drug-likeness (QED) is 0.839. The van der Waals surface area contributed by atoms with Crippen molar-refractivity contribution in [3.63, 3.8) is 0 Å². The first-order valence-electron chi connectivity index (χ1n) is 4.86. The molecule has 0 unspecified atom stereocenters. The molecule has 0 saturated heterocycles. The molecular formula is C12H17BrO2. The van der Waals surface area contributed by atoms with Gasteiger partial charge in [0.25, 0.3) is 0 Å². The zero-order valence-corrected chi connectivity index (χ0v) is 11.0. The zero-order valence-electron chi connectivity index (χ0n) is 9.38. The lowest BCUT2D eigenvalue weighted by Gasteiger charge is -2.08. The van der Waals surface area contributed by atoms with Crippen molar-refractivity contribution in [1.29, 1.82) is 0 Å². The van der Waals surface area contributed by atoms with E-state index in [4.69, 9.17) is 4.74 Å². The van der Waals surface area contributed by atoms with Crippen molar-refractivity contribution < 1.29 is 9.84 Å². The van der Waals surface area contributed by atoms with E-state index in [1.165, 1.54) is 0 Å². The monoisotopic (exact) mass is 272 g/mol. The maximum atomic E-state index is 9.51. The minimum atomic E-state index is 0.128. The highest BCUT2D eigenvalue weighted by Crippen LogP contribution is 2.33. The summed E-state index contributed by atoms with van der Waals surface area (Å²) in [5.74, 6) is 0.598. The van der Waals surface area contributed by atoms with Gasteiger partial charge in [-0.15, -0.1) is 0 Å². The predicted octanol–water partition coefficient (Wildman–Crippen LogP) is 4.14. The highest BCUT2D eigenvalue weighted by atomic mass is 79.9. The minimum Gasteiger partial charge on any atom is -0.503 e. The molecule has 0 radical (unpaired) electrons. The summed E-state index contributed by atoms with van der Waals surface area (Å²) < 4.78 is 5.93. The molecule has 0 atom stereocenters. The number of aromatic hydroxyl groups is 1. The van der Waals surface area contributed by atoms with Crippen LogP contribution in [0.25, 0.3) is 0 Å². The van der Waals surface area contributed by atoms with Crippen molar-refractivity contribution >= 4 is 15.9 Å². The van der Waals surface area contributed by atoms with Crippen LogP contribution in [0.3, 0.4) is 0 Å². The molecule has 0 aromatic heterocycles. The van der Waals surface area contributed by atoms with Crippen LogP contribution in [0.15, 0.2) is 34.8 Å². The standard InChI is InChI=1S/C10H11BrO2.C2H6/c1-7(2)6-13-9-5-3-4-8(11)10(9)12;1-2/h3-5,12H,1,6H2,2H3;1-2H3. The van der Waals surface area contributed by atoms with Gasteiger partial charge in [0, 0.05) is 0 Å². The summed E-state index contributed by atoms with van der Waals surface area (Å²) in [7, 11) is 0. The normalized spacial score (nSPS) is 8.80. The average Bonchev–Trinajstić information content (AvgIpc) is 2.23. The summed E-state index contributed by atoms with van der Waals surface area (Å²) in [5, 5.41) is 9.51. The molecule has 1 aromatic carbocycles. The molecule has 0 heterocycles. The molecule has 0 aliphatic heterocycles. The number of para-hydroxylation sites is 1. The molecule has 0 aliphatic rings. The molecule has 0 bridgehead atoms. The van der Waals surface area contributed by atoms with Crippen LogP contribution < -0.4 is 4.74 Å². The van der Waals surface area contributed by atoms with Crippen LogP contribution in [0.1, 0.15) is 20.8 Å². The fourth-order valence-electron chi connectivity index (χ4n) is 0.813. The molecule has 1 aromatic rings. The van der Waals surface area contributed by atoms with E-state index in [2.05, 4.69) is 22.5 Å². The number of halogens is 1. The van der Waals surface area contributed by atoms with E-state index in [0.717, 1.165) is 5.57 Å². The Morgan fingerprint density at radius 1 is 1.47 bits per heavy atom. The van der Waals surface area contributed by atoms with Gasteiger partial charge in [0.05, 0.1) is 4.47 Å². The highest BCUT2D eigenvalue weighted by Gasteiger charge is 2.04. The molecule has 0 fully saturated rings. The smallest absolute Gasteiger partial charge is 0.172 e. The predicted molar refractivity (Wildman–Crippen MR) is 67.5 cm³/mol. The number of ether oxygens (including phenoxy) is 1. The average molecular weight is 273 g/mol. The van der Waals surface area contributed by atoms with Crippen molar-refractivity contribution in [2.75, 3.05) is 6.61 Å². The number of phenols is 1. The molecular weight excluding hydrogens is 256 g/mol. The van der Waals surface area contributed by atoms with Gasteiger partial charge in [0.1, 0.15) is 6.61 Å². The lowest BCUT2D eigenvalue weighted by atomic mass is 10.3. The van der Waals surface area contributed by atoms with Gasteiger partial charge < -0.3 is 9.84 Å². The van der Waals surface area contributed by atoms with Gasteiger partial charge in [-0.05, 0) is 40.6 Å². The number of hydrogen-bond donors (Lipinski definition) is 1. The Balaban J connectivity index is 0.000000921. The second-order valence-electron chi connectivity index (χ2n) is 2.83. The van der Waals surface area contributed by atoms with E-state index in [1.54, 1.807) is 18.2 Å². The van der Waals surface area contributed by atoms with Crippen molar-refractivity contribution in [3.05, 3.63) is 34.8 Å². The first-order chi connectivity index (χ1) is 7.11. The Morgan fingerprint density at radius 2 is 2.07 bits per heavy atom. The van der Waals surface area contributed by atoms with Crippen LogP contribution in [0.4, 0.5) is 0 Å². The largest absolute Gasteiger partial charge is 0.503 e. The maximum absolute atomic E-state index is 9.51. The fraction of sp³-hybridized carbons (Fsp3) is 0.333. The Labute approximate surface area is 99.7 Å². The van der Waals surface area contributed by atoms with Gasteiger partial charge in [0.2, 0.25) is 0 Å². The Hall–Kier alpha value is -0.960. The van der Waals surface area contributed by atoms with Crippen molar-refractivity contribution in [1.82, 2.24) is 0 Å². The first kappa shape index (κ1) is 14.0. The third-order valence-electron chi connectivity index (χ3n) is 1.42. The molecule has 0 saturated carbocycles. The third-order valence-corrected chi connectivity index (χ3v) is 2.06. The van der Waals surface area contributed by atoms with Gasteiger partial charge in [-0.25, -0.2) is 0 Å². The Kier molecular flexibility index (Phi) is 6.88. The molecule has 2 nitrogen and oxygen atoms in total. The van der Waals surface area contributed by atoms with E-state index in [0.29, 0.717) is 16.8 Å². The van der Waals surface area contributed by atoms with Gasteiger partial charge in [-0.3, -0.25) is 0 Å². The molecule has 0 spiro atoms. The van der Waals surface area contributed by atoms with Crippen LogP contribution in [0, 0.1) is 0 Å². The minimum absolute atomic E-state index is 0.128. The third kappa shape index (κ3) is 4.88. The molecule has 84 valence electrons. The zero-order chi connectivity index (χ0) is 11.8. The lowest BCUT2D eigenvalue weighted by Crippen LogP contribution is -1.97. The topological polar surface area (TPSA) is 29.5 Å². The van der Waals surface area contributed by atoms with Crippen molar-refractivity contribution in [2.24, 2.45) is 0 Å². The molecule has 0 aliphatic carbocycles. The van der Waals surface area contributed by atoms with Crippen LogP contribution in [-0.2, 0) is 0 Å². The van der Waals surface area contributed by atoms with Crippen molar-refractivity contribution in [2.45, 2.75) is 20.8 Å². The summed E-state index contributed by atoms with van der Waals surface area (Å²) >= 11 is 3.20. The first-order valence-corrected chi connectivity index (χ1v) is 5.65. The molecule has 1 rings (SSSR count). The molecule has 15 heavy (non-hydrogen) atoms. The fourth-order valence-corrected chi connectivity index (χ4v) is 1.16. The summed E-state index contributed by atoms with van der Waals surface area (Å²) in [6, 6.07) is 5.27. The van der Waals surface area contributed by atoms with E-state index in [1.807, 2.05) is 20.8 Å². The van der Waals surface area contributed by atoms with E-state index >= 15 is 0 Å². The van der Waals surface area contributed by atoms with Crippen LogP contribution >= 0.6 is 15.9 Å². The second-order valence-corrected chi connectivity index (χ2v) is 3.69. The van der Waals surface area contributed by atoms with E-state index in [9.17, 15) is 5.11 Å². The maximum Gasteiger partial charge on any atom is 0.172 e. The van der Waals surface area contributed by atoms with E-state index in [-0.39, 0.29) is 5.75 Å². The van der Waals surface area contributed by atoms with Gasteiger partial charge >= 0.3 is 0 Å². The van der Waals surface area contributed by atoms with Crippen molar-refractivity contribution in [3.8, 4) is 11.5 Å². The van der Waals surface area contributed by atoms with Gasteiger partial charge in [-0.2, -0.15) is 0 Å². The van der Waals surface area contributed by atoms with E-state index < -0.39 is 0 Å². The Morgan fingerprint density at radius 3 is 2.60 bits per heavy atom. The van der Waals surface area contributed by atoms with Gasteiger partial charge in [0.15, 0.2) is 11.5 Å². The van der Waals surface area contributed by atoms with Gasteiger partial charge in [-0.1, -0.05) is 26.5 Å².